The Balaban J connectivity index is 1.83. The van der Waals surface area contributed by atoms with Crippen molar-refractivity contribution in [3.8, 4) is 11.1 Å². The Hall–Kier alpha value is -1.95. The van der Waals surface area contributed by atoms with Crippen LogP contribution in [0, 0.1) is 11.6 Å². The molecule has 1 aromatic carbocycles. The molecule has 1 fully saturated rings. The van der Waals surface area contributed by atoms with E-state index in [1.54, 1.807) is 30.9 Å². The molecular formula is C21H23F2NO2S. The second-order valence-corrected chi connectivity index (χ2v) is 8.36. The number of carbonyl (C=O) groups is 1. The van der Waals surface area contributed by atoms with Gasteiger partial charge in [-0.25, -0.2) is 13.8 Å². The van der Waals surface area contributed by atoms with E-state index in [4.69, 9.17) is 5.11 Å². The number of hydrogen-bond donors (Lipinski definition) is 1. The van der Waals surface area contributed by atoms with Gasteiger partial charge in [-0.05, 0) is 55.4 Å². The fourth-order valence-electron chi connectivity index (χ4n) is 3.27. The van der Waals surface area contributed by atoms with Gasteiger partial charge in [0.25, 0.3) is 0 Å². The Morgan fingerprint density at radius 3 is 2.63 bits per heavy atom. The fourth-order valence-corrected chi connectivity index (χ4v) is 4.58. The third kappa shape index (κ3) is 4.86. The van der Waals surface area contributed by atoms with Gasteiger partial charge >= 0.3 is 5.97 Å². The zero-order valence-corrected chi connectivity index (χ0v) is 16.1. The topological polar surface area (TPSA) is 50.2 Å². The summed E-state index contributed by atoms with van der Waals surface area (Å²) in [6.07, 6.45) is 6.04. The van der Waals surface area contributed by atoms with Crippen LogP contribution in [-0.4, -0.2) is 21.3 Å². The van der Waals surface area contributed by atoms with Gasteiger partial charge in [0.15, 0.2) is 0 Å². The van der Waals surface area contributed by atoms with E-state index in [-0.39, 0.29) is 17.9 Å². The highest BCUT2D eigenvalue weighted by atomic mass is 32.2. The SMILES string of the molecule is C[C@H](CCCC(=O)O)c1c(F)cc(-c2cccnc2SC2CCC2)cc1F. The number of carboxylic acids is 1. The maximum Gasteiger partial charge on any atom is 0.303 e. The number of hydrogen-bond acceptors (Lipinski definition) is 3. The van der Waals surface area contributed by atoms with Crippen LogP contribution in [-0.2, 0) is 4.79 Å². The van der Waals surface area contributed by atoms with Crippen molar-refractivity contribution in [2.24, 2.45) is 0 Å². The quantitative estimate of drug-likeness (QED) is 0.597. The first-order chi connectivity index (χ1) is 13.0. The molecule has 0 unspecified atom stereocenters. The number of pyridine rings is 1. The molecule has 0 bridgehead atoms. The first kappa shape index (κ1) is 19.8. The summed E-state index contributed by atoms with van der Waals surface area (Å²) in [5.74, 6) is -2.45. The zero-order valence-electron chi connectivity index (χ0n) is 15.3. The van der Waals surface area contributed by atoms with E-state index in [0.29, 0.717) is 23.7 Å². The summed E-state index contributed by atoms with van der Waals surface area (Å²) in [5, 5.41) is 10.1. The molecule has 0 saturated heterocycles. The van der Waals surface area contributed by atoms with Crippen molar-refractivity contribution in [1.29, 1.82) is 0 Å². The molecule has 27 heavy (non-hydrogen) atoms. The molecule has 6 heteroatoms. The number of halogens is 2. The van der Waals surface area contributed by atoms with Gasteiger partial charge in [0.05, 0.1) is 0 Å². The normalized spacial score (nSPS) is 15.4. The van der Waals surface area contributed by atoms with E-state index >= 15 is 0 Å². The Morgan fingerprint density at radius 1 is 1.33 bits per heavy atom. The van der Waals surface area contributed by atoms with Crippen LogP contribution in [0.2, 0.25) is 0 Å². The van der Waals surface area contributed by atoms with Crippen LogP contribution < -0.4 is 0 Å². The average Bonchev–Trinajstić information content (AvgIpc) is 2.57. The third-order valence-electron chi connectivity index (χ3n) is 5.01. The Kier molecular flexibility index (Phi) is 6.47. The molecule has 0 aliphatic heterocycles. The van der Waals surface area contributed by atoms with Gasteiger partial charge in [-0.15, -0.1) is 11.8 Å². The standard InChI is InChI=1S/C21H23F2NO2S/c1-13(5-2-9-19(25)26)20-17(22)11-14(12-18(20)23)16-8-4-10-24-21(16)27-15-6-3-7-15/h4,8,10-13,15H,2-3,5-7,9H2,1H3,(H,25,26)/t13-/m1/s1. The van der Waals surface area contributed by atoms with E-state index in [2.05, 4.69) is 4.98 Å². The smallest absolute Gasteiger partial charge is 0.303 e. The highest BCUT2D eigenvalue weighted by molar-refractivity contribution is 8.00. The minimum atomic E-state index is -0.897. The number of thioether (sulfide) groups is 1. The molecular weight excluding hydrogens is 368 g/mol. The Bertz CT molecular complexity index is 801. The van der Waals surface area contributed by atoms with Crippen LogP contribution in [0.4, 0.5) is 8.78 Å². The molecule has 3 nitrogen and oxygen atoms in total. The summed E-state index contributed by atoms with van der Waals surface area (Å²) in [7, 11) is 0. The lowest BCUT2D eigenvalue weighted by Gasteiger charge is -2.25. The molecule has 1 saturated carbocycles. The van der Waals surface area contributed by atoms with Crippen LogP contribution in [0.15, 0.2) is 35.5 Å². The van der Waals surface area contributed by atoms with Crippen molar-refractivity contribution >= 4 is 17.7 Å². The predicted octanol–water partition coefficient (Wildman–Crippen LogP) is 6.03. The summed E-state index contributed by atoms with van der Waals surface area (Å²) in [4.78, 5) is 15.0. The second-order valence-electron chi connectivity index (χ2n) is 7.07. The number of aliphatic carboxylic acids is 1. The first-order valence-corrected chi connectivity index (χ1v) is 10.2. The molecule has 1 aromatic heterocycles. The fraction of sp³-hybridized carbons (Fsp3) is 0.429. The largest absolute Gasteiger partial charge is 0.481 e. The molecule has 1 aliphatic rings. The summed E-state index contributed by atoms with van der Waals surface area (Å²) >= 11 is 1.68. The number of rotatable bonds is 8. The van der Waals surface area contributed by atoms with Crippen LogP contribution in [0.5, 0.6) is 0 Å². The molecule has 0 radical (unpaired) electrons. The maximum atomic E-state index is 14.7. The van der Waals surface area contributed by atoms with Crippen LogP contribution >= 0.6 is 11.8 Å². The molecule has 3 rings (SSSR count). The van der Waals surface area contributed by atoms with E-state index in [1.165, 1.54) is 18.6 Å². The average molecular weight is 391 g/mol. The van der Waals surface area contributed by atoms with Gasteiger partial charge < -0.3 is 5.11 Å². The van der Waals surface area contributed by atoms with Gasteiger partial charge in [0, 0.05) is 29.0 Å². The summed E-state index contributed by atoms with van der Waals surface area (Å²) in [6.45, 7) is 1.73. The van der Waals surface area contributed by atoms with E-state index in [0.717, 1.165) is 23.4 Å². The van der Waals surface area contributed by atoms with Crippen molar-refractivity contribution < 1.29 is 18.7 Å². The van der Waals surface area contributed by atoms with E-state index < -0.39 is 17.6 Å². The summed E-state index contributed by atoms with van der Waals surface area (Å²) < 4.78 is 29.4. The molecule has 2 aromatic rings. The lowest BCUT2D eigenvalue weighted by molar-refractivity contribution is -0.137. The number of aromatic nitrogens is 1. The van der Waals surface area contributed by atoms with Gasteiger partial charge in [-0.3, -0.25) is 4.79 Å². The van der Waals surface area contributed by atoms with Crippen LogP contribution in [0.25, 0.3) is 11.1 Å². The molecule has 144 valence electrons. The van der Waals surface area contributed by atoms with Gasteiger partial charge in [-0.2, -0.15) is 0 Å². The van der Waals surface area contributed by atoms with Crippen molar-refractivity contribution in [3.05, 3.63) is 47.7 Å². The summed E-state index contributed by atoms with van der Waals surface area (Å²) in [6, 6.07) is 6.36. The third-order valence-corrected chi connectivity index (χ3v) is 6.37. The molecule has 1 heterocycles. The lowest BCUT2D eigenvalue weighted by Crippen LogP contribution is -2.13. The predicted molar refractivity (Wildman–Crippen MR) is 103 cm³/mol. The Labute approximate surface area is 162 Å². The minimum Gasteiger partial charge on any atom is -0.481 e. The van der Waals surface area contributed by atoms with Gasteiger partial charge in [0.1, 0.15) is 16.7 Å². The van der Waals surface area contributed by atoms with Crippen LogP contribution in [0.3, 0.4) is 0 Å². The molecule has 0 amide bonds. The molecule has 0 spiro atoms. The number of nitrogens with zero attached hydrogens (tertiary/aromatic N) is 1. The Morgan fingerprint density at radius 2 is 2.04 bits per heavy atom. The monoisotopic (exact) mass is 391 g/mol. The maximum absolute atomic E-state index is 14.7. The van der Waals surface area contributed by atoms with Crippen LogP contribution in [0.1, 0.15) is 56.9 Å². The van der Waals surface area contributed by atoms with Gasteiger partial charge in [0.2, 0.25) is 0 Å². The number of carboxylic acid groups (broad SMARTS) is 1. The highest BCUT2D eigenvalue weighted by Gasteiger charge is 2.23. The second kappa shape index (κ2) is 8.83. The summed E-state index contributed by atoms with van der Waals surface area (Å²) in [5.41, 5.74) is 1.26. The van der Waals surface area contributed by atoms with Crippen molar-refractivity contribution in [2.45, 2.75) is 61.6 Å². The first-order valence-electron chi connectivity index (χ1n) is 9.28. The molecule has 1 aliphatic carbocycles. The van der Waals surface area contributed by atoms with Crippen molar-refractivity contribution in [3.63, 3.8) is 0 Å². The number of benzene rings is 1. The molecule has 1 atom stereocenters. The van der Waals surface area contributed by atoms with Crippen molar-refractivity contribution in [2.75, 3.05) is 0 Å². The van der Waals surface area contributed by atoms with E-state index in [1.807, 2.05) is 6.07 Å². The van der Waals surface area contributed by atoms with Crippen molar-refractivity contribution in [1.82, 2.24) is 4.98 Å². The van der Waals surface area contributed by atoms with E-state index in [9.17, 15) is 13.6 Å². The zero-order chi connectivity index (χ0) is 19.4. The lowest BCUT2D eigenvalue weighted by atomic mass is 9.92. The highest BCUT2D eigenvalue weighted by Crippen LogP contribution is 2.40. The minimum absolute atomic E-state index is 0.00307. The van der Waals surface area contributed by atoms with Gasteiger partial charge in [-0.1, -0.05) is 19.4 Å². The molecule has 1 N–H and O–H groups in total.